The van der Waals surface area contributed by atoms with Crippen molar-refractivity contribution in [2.24, 2.45) is 0 Å². The first-order chi connectivity index (χ1) is 10.9. The van der Waals surface area contributed by atoms with Crippen LogP contribution in [-0.2, 0) is 0 Å². The standard InChI is InChI=1S/C17H25N5O/c1-6-15(14-7-9-18-10-8-14)19-17(23)20-16-12(4)21-22(11(2)3)13(16)5/h7-11,15H,6H2,1-5H3,(H2,19,20,23)/t15-/m0/s1. The van der Waals surface area contributed by atoms with Gasteiger partial charge in [0.25, 0.3) is 0 Å². The van der Waals surface area contributed by atoms with Crippen LogP contribution in [0.3, 0.4) is 0 Å². The lowest BCUT2D eigenvalue weighted by atomic mass is 10.1. The molecule has 0 radical (unpaired) electrons. The van der Waals surface area contributed by atoms with E-state index in [1.807, 2.05) is 37.6 Å². The molecule has 0 unspecified atom stereocenters. The number of pyridine rings is 1. The molecule has 0 aliphatic carbocycles. The van der Waals surface area contributed by atoms with Crippen LogP contribution in [-0.4, -0.2) is 20.8 Å². The topological polar surface area (TPSA) is 71.8 Å². The van der Waals surface area contributed by atoms with Crippen molar-refractivity contribution >= 4 is 11.7 Å². The third kappa shape index (κ3) is 3.88. The van der Waals surface area contributed by atoms with Gasteiger partial charge in [-0.1, -0.05) is 6.92 Å². The molecule has 0 aliphatic rings. The van der Waals surface area contributed by atoms with Gasteiger partial charge in [0.1, 0.15) is 0 Å². The number of hydrogen-bond donors (Lipinski definition) is 2. The number of carbonyl (C=O) groups excluding carboxylic acids is 1. The summed E-state index contributed by atoms with van der Waals surface area (Å²) in [6.07, 6.45) is 4.28. The molecule has 2 rings (SSSR count). The molecule has 0 spiro atoms. The Bertz CT molecular complexity index is 663. The molecule has 0 saturated heterocycles. The van der Waals surface area contributed by atoms with Crippen LogP contribution in [0.1, 0.15) is 56.2 Å². The van der Waals surface area contributed by atoms with E-state index in [1.54, 1.807) is 12.4 Å². The van der Waals surface area contributed by atoms with Crippen LogP contribution < -0.4 is 10.6 Å². The summed E-state index contributed by atoms with van der Waals surface area (Å²) in [6.45, 7) is 10.1. The Labute approximate surface area is 137 Å². The number of anilines is 1. The zero-order valence-corrected chi connectivity index (χ0v) is 14.4. The van der Waals surface area contributed by atoms with Crippen molar-refractivity contribution in [3.05, 3.63) is 41.5 Å². The number of nitrogens with zero attached hydrogens (tertiary/aromatic N) is 3. The van der Waals surface area contributed by atoms with Gasteiger partial charge in [0, 0.05) is 18.4 Å². The number of hydrogen-bond acceptors (Lipinski definition) is 3. The van der Waals surface area contributed by atoms with E-state index in [0.717, 1.165) is 29.1 Å². The van der Waals surface area contributed by atoms with Gasteiger partial charge in [-0.25, -0.2) is 4.79 Å². The molecule has 0 saturated carbocycles. The van der Waals surface area contributed by atoms with Gasteiger partial charge in [-0.15, -0.1) is 0 Å². The first kappa shape index (κ1) is 17.0. The summed E-state index contributed by atoms with van der Waals surface area (Å²) in [7, 11) is 0. The fourth-order valence-electron chi connectivity index (χ4n) is 2.67. The zero-order valence-electron chi connectivity index (χ0n) is 14.4. The smallest absolute Gasteiger partial charge is 0.319 e. The number of nitrogens with one attached hydrogen (secondary N) is 2. The van der Waals surface area contributed by atoms with Crippen molar-refractivity contribution in [2.45, 2.75) is 53.1 Å². The fourth-order valence-corrected chi connectivity index (χ4v) is 2.67. The van der Waals surface area contributed by atoms with Gasteiger partial charge in [0.2, 0.25) is 0 Å². The second-order valence-electron chi connectivity index (χ2n) is 5.92. The van der Waals surface area contributed by atoms with Crippen molar-refractivity contribution in [3.8, 4) is 0 Å². The highest BCUT2D eigenvalue weighted by atomic mass is 16.2. The van der Waals surface area contributed by atoms with Crippen molar-refractivity contribution < 1.29 is 4.79 Å². The Hall–Kier alpha value is -2.37. The number of carbonyl (C=O) groups is 1. The summed E-state index contributed by atoms with van der Waals surface area (Å²) in [5, 5.41) is 10.4. The molecule has 124 valence electrons. The molecule has 23 heavy (non-hydrogen) atoms. The van der Waals surface area contributed by atoms with Gasteiger partial charge in [-0.3, -0.25) is 9.67 Å². The summed E-state index contributed by atoms with van der Waals surface area (Å²) < 4.78 is 1.92. The second-order valence-corrected chi connectivity index (χ2v) is 5.92. The van der Waals surface area contributed by atoms with Gasteiger partial charge < -0.3 is 10.6 Å². The zero-order chi connectivity index (χ0) is 17.0. The van der Waals surface area contributed by atoms with Crippen molar-refractivity contribution in [2.75, 3.05) is 5.32 Å². The van der Waals surface area contributed by atoms with Gasteiger partial charge in [0.15, 0.2) is 0 Å². The fraction of sp³-hybridized carbons (Fsp3) is 0.471. The molecule has 0 bridgehead atoms. The molecule has 2 aromatic rings. The van der Waals surface area contributed by atoms with Crippen LogP contribution >= 0.6 is 0 Å². The van der Waals surface area contributed by atoms with Crippen LogP contribution in [0.25, 0.3) is 0 Å². The Balaban J connectivity index is 2.10. The third-order valence-corrected chi connectivity index (χ3v) is 3.87. The molecule has 2 amide bonds. The highest BCUT2D eigenvalue weighted by Crippen LogP contribution is 2.23. The number of rotatable bonds is 5. The van der Waals surface area contributed by atoms with Gasteiger partial charge in [-0.2, -0.15) is 5.10 Å². The normalized spacial score (nSPS) is 12.3. The van der Waals surface area contributed by atoms with E-state index in [2.05, 4.69) is 34.6 Å². The summed E-state index contributed by atoms with van der Waals surface area (Å²) in [5.74, 6) is 0. The monoisotopic (exact) mass is 315 g/mol. The summed E-state index contributed by atoms with van der Waals surface area (Å²) >= 11 is 0. The molecule has 2 heterocycles. The van der Waals surface area contributed by atoms with Crippen molar-refractivity contribution in [1.82, 2.24) is 20.1 Å². The lowest BCUT2D eigenvalue weighted by Gasteiger charge is -2.18. The quantitative estimate of drug-likeness (QED) is 0.882. The SMILES string of the molecule is CC[C@H](NC(=O)Nc1c(C)nn(C(C)C)c1C)c1ccncc1. The Morgan fingerprint density at radius 3 is 2.43 bits per heavy atom. The lowest BCUT2D eigenvalue weighted by Crippen LogP contribution is -2.32. The minimum Gasteiger partial charge on any atom is -0.331 e. The molecule has 2 N–H and O–H groups in total. The largest absolute Gasteiger partial charge is 0.331 e. The van der Waals surface area contributed by atoms with E-state index in [0.29, 0.717) is 0 Å². The molecule has 2 aromatic heterocycles. The average Bonchev–Trinajstić information content (AvgIpc) is 2.81. The predicted molar refractivity (Wildman–Crippen MR) is 91.5 cm³/mol. The number of aryl methyl sites for hydroxylation is 1. The minimum absolute atomic E-state index is 0.0428. The molecule has 6 nitrogen and oxygen atoms in total. The highest BCUT2D eigenvalue weighted by molar-refractivity contribution is 5.90. The second kappa shape index (κ2) is 7.26. The summed E-state index contributed by atoms with van der Waals surface area (Å²) in [6, 6.07) is 3.83. The number of urea groups is 1. The molecule has 0 fully saturated rings. The number of amides is 2. The Morgan fingerprint density at radius 1 is 1.26 bits per heavy atom. The summed E-state index contributed by atoms with van der Waals surface area (Å²) in [4.78, 5) is 16.4. The van der Waals surface area contributed by atoms with Crippen LogP contribution in [0.4, 0.5) is 10.5 Å². The minimum atomic E-state index is -0.219. The average molecular weight is 315 g/mol. The molecule has 1 atom stereocenters. The van der Waals surface area contributed by atoms with E-state index >= 15 is 0 Å². The van der Waals surface area contributed by atoms with Crippen LogP contribution in [0.15, 0.2) is 24.5 Å². The number of aromatic nitrogens is 3. The Morgan fingerprint density at radius 2 is 1.91 bits per heavy atom. The summed E-state index contributed by atoms with van der Waals surface area (Å²) in [5.41, 5.74) is 3.61. The van der Waals surface area contributed by atoms with Gasteiger partial charge in [-0.05, 0) is 51.8 Å². The van der Waals surface area contributed by atoms with Gasteiger partial charge >= 0.3 is 6.03 Å². The van der Waals surface area contributed by atoms with Crippen LogP contribution in [0.2, 0.25) is 0 Å². The van der Waals surface area contributed by atoms with E-state index in [1.165, 1.54) is 0 Å². The van der Waals surface area contributed by atoms with Crippen molar-refractivity contribution in [3.63, 3.8) is 0 Å². The first-order valence-corrected chi connectivity index (χ1v) is 7.97. The predicted octanol–water partition coefficient (Wildman–Crippen LogP) is 3.75. The van der Waals surface area contributed by atoms with E-state index in [4.69, 9.17) is 0 Å². The van der Waals surface area contributed by atoms with Gasteiger partial charge in [0.05, 0.1) is 23.1 Å². The maximum atomic E-state index is 12.4. The van der Waals surface area contributed by atoms with E-state index < -0.39 is 0 Å². The maximum Gasteiger partial charge on any atom is 0.319 e. The van der Waals surface area contributed by atoms with Crippen LogP contribution in [0.5, 0.6) is 0 Å². The van der Waals surface area contributed by atoms with E-state index in [-0.39, 0.29) is 18.1 Å². The highest BCUT2D eigenvalue weighted by Gasteiger charge is 2.17. The third-order valence-electron chi connectivity index (χ3n) is 3.87. The maximum absolute atomic E-state index is 12.4. The molecular weight excluding hydrogens is 290 g/mol. The molecule has 6 heteroatoms. The molecular formula is C17H25N5O. The Kier molecular flexibility index (Phi) is 5.36. The van der Waals surface area contributed by atoms with E-state index in [9.17, 15) is 4.79 Å². The van der Waals surface area contributed by atoms with Crippen molar-refractivity contribution in [1.29, 1.82) is 0 Å². The lowest BCUT2D eigenvalue weighted by molar-refractivity contribution is 0.248. The molecule has 0 aliphatic heterocycles. The van der Waals surface area contributed by atoms with Crippen LogP contribution in [0, 0.1) is 13.8 Å². The molecule has 0 aromatic carbocycles. The first-order valence-electron chi connectivity index (χ1n) is 7.97.